The molecule has 0 saturated carbocycles. The minimum Gasteiger partial charge on any atom is -0.444 e. The Morgan fingerprint density at radius 1 is 1.26 bits per heavy atom. The molecule has 0 bridgehead atoms. The number of ether oxygens (including phenoxy) is 1. The maximum absolute atomic E-state index is 11.8. The number of amides is 1. The number of hydrogen-bond donors (Lipinski definition) is 2. The van der Waals surface area contributed by atoms with Crippen molar-refractivity contribution in [1.82, 2.24) is 5.16 Å². The zero-order valence-electron chi connectivity index (χ0n) is 14.2. The normalized spacial score (nSPS) is 11.2. The largest absolute Gasteiger partial charge is 0.444 e. The first-order valence-corrected chi connectivity index (χ1v) is 7.50. The van der Waals surface area contributed by atoms with Crippen molar-refractivity contribution in [3.05, 3.63) is 41.3 Å². The predicted octanol–water partition coefficient (Wildman–Crippen LogP) is 4.25. The SMILES string of the molecule is Cc1noc(C)c1CNc1cccc(NC(=O)OC(C)(C)C)c1. The Kier molecular flexibility index (Phi) is 4.93. The molecule has 124 valence electrons. The zero-order valence-corrected chi connectivity index (χ0v) is 14.2. The molecule has 0 radical (unpaired) electrons. The van der Waals surface area contributed by atoms with Gasteiger partial charge in [-0.3, -0.25) is 5.32 Å². The standard InChI is InChI=1S/C17H23N3O3/c1-11-15(12(2)23-20-11)10-18-13-7-6-8-14(9-13)19-16(21)22-17(3,4)5/h6-9,18H,10H2,1-5H3,(H,19,21). The minimum atomic E-state index is -0.525. The highest BCUT2D eigenvalue weighted by atomic mass is 16.6. The van der Waals surface area contributed by atoms with Crippen LogP contribution in [0.3, 0.4) is 0 Å². The lowest BCUT2D eigenvalue weighted by Crippen LogP contribution is -2.27. The van der Waals surface area contributed by atoms with Gasteiger partial charge in [-0.25, -0.2) is 4.79 Å². The number of carbonyl (C=O) groups is 1. The van der Waals surface area contributed by atoms with Gasteiger partial charge in [0, 0.05) is 23.5 Å². The summed E-state index contributed by atoms with van der Waals surface area (Å²) >= 11 is 0. The van der Waals surface area contributed by atoms with Crippen molar-refractivity contribution < 1.29 is 14.1 Å². The topological polar surface area (TPSA) is 76.4 Å². The molecule has 0 atom stereocenters. The number of aromatic nitrogens is 1. The molecule has 6 nitrogen and oxygen atoms in total. The highest BCUT2D eigenvalue weighted by molar-refractivity contribution is 5.85. The summed E-state index contributed by atoms with van der Waals surface area (Å²) in [5.74, 6) is 0.804. The number of carbonyl (C=O) groups excluding carboxylic acids is 1. The number of nitrogens with zero attached hydrogens (tertiary/aromatic N) is 1. The van der Waals surface area contributed by atoms with Crippen LogP contribution in [0.15, 0.2) is 28.8 Å². The molecule has 1 heterocycles. The highest BCUT2D eigenvalue weighted by Gasteiger charge is 2.16. The Labute approximate surface area is 136 Å². The average molecular weight is 317 g/mol. The van der Waals surface area contributed by atoms with E-state index in [1.54, 1.807) is 0 Å². The summed E-state index contributed by atoms with van der Waals surface area (Å²) < 4.78 is 10.4. The molecular formula is C17H23N3O3. The van der Waals surface area contributed by atoms with Gasteiger partial charge in [0.2, 0.25) is 0 Å². The molecule has 1 aromatic heterocycles. The molecule has 0 aliphatic heterocycles. The van der Waals surface area contributed by atoms with Crippen LogP contribution in [0.2, 0.25) is 0 Å². The first-order valence-electron chi connectivity index (χ1n) is 7.50. The minimum absolute atomic E-state index is 0.472. The lowest BCUT2D eigenvalue weighted by molar-refractivity contribution is 0.0636. The monoisotopic (exact) mass is 317 g/mol. The third kappa shape index (κ3) is 5.02. The second kappa shape index (κ2) is 6.73. The third-order valence-electron chi connectivity index (χ3n) is 3.16. The molecule has 0 spiro atoms. The Hall–Kier alpha value is -2.50. The van der Waals surface area contributed by atoms with E-state index in [-0.39, 0.29) is 0 Å². The van der Waals surface area contributed by atoms with Crippen molar-refractivity contribution in [2.45, 2.75) is 46.8 Å². The Morgan fingerprint density at radius 3 is 2.57 bits per heavy atom. The van der Waals surface area contributed by atoms with Gasteiger partial charge >= 0.3 is 6.09 Å². The smallest absolute Gasteiger partial charge is 0.412 e. The van der Waals surface area contributed by atoms with Gasteiger partial charge in [0.1, 0.15) is 11.4 Å². The van der Waals surface area contributed by atoms with E-state index in [1.807, 2.05) is 58.9 Å². The van der Waals surface area contributed by atoms with Crippen LogP contribution in [0.25, 0.3) is 0 Å². The molecule has 1 aromatic carbocycles. The van der Waals surface area contributed by atoms with Gasteiger partial charge in [0.25, 0.3) is 0 Å². The molecule has 6 heteroatoms. The van der Waals surface area contributed by atoms with Gasteiger partial charge in [0.15, 0.2) is 0 Å². The van der Waals surface area contributed by atoms with Crippen molar-refractivity contribution in [1.29, 1.82) is 0 Å². The highest BCUT2D eigenvalue weighted by Crippen LogP contribution is 2.19. The van der Waals surface area contributed by atoms with E-state index in [0.717, 1.165) is 22.7 Å². The molecule has 2 aromatic rings. The van der Waals surface area contributed by atoms with E-state index in [2.05, 4.69) is 15.8 Å². The van der Waals surface area contributed by atoms with Crippen LogP contribution < -0.4 is 10.6 Å². The van der Waals surface area contributed by atoms with Crippen LogP contribution >= 0.6 is 0 Å². The van der Waals surface area contributed by atoms with Gasteiger partial charge in [-0.05, 0) is 52.8 Å². The molecule has 0 unspecified atom stereocenters. The lowest BCUT2D eigenvalue weighted by Gasteiger charge is -2.19. The summed E-state index contributed by atoms with van der Waals surface area (Å²) in [5, 5.41) is 9.95. The fourth-order valence-corrected chi connectivity index (χ4v) is 2.07. The summed E-state index contributed by atoms with van der Waals surface area (Å²) in [7, 11) is 0. The van der Waals surface area contributed by atoms with Gasteiger partial charge in [-0.15, -0.1) is 0 Å². The van der Waals surface area contributed by atoms with E-state index in [4.69, 9.17) is 9.26 Å². The van der Waals surface area contributed by atoms with Gasteiger partial charge in [-0.1, -0.05) is 11.2 Å². The number of aryl methyl sites for hydroxylation is 2. The van der Waals surface area contributed by atoms with E-state index < -0.39 is 11.7 Å². The van der Waals surface area contributed by atoms with Crippen LogP contribution in [-0.2, 0) is 11.3 Å². The van der Waals surface area contributed by atoms with E-state index in [9.17, 15) is 4.79 Å². The summed E-state index contributed by atoms with van der Waals surface area (Å²) in [6.07, 6.45) is -0.472. The molecule has 23 heavy (non-hydrogen) atoms. The summed E-state index contributed by atoms with van der Waals surface area (Å²) in [6, 6.07) is 7.45. The molecule has 0 fully saturated rings. The van der Waals surface area contributed by atoms with E-state index in [0.29, 0.717) is 12.2 Å². The van der Waals surface area contributed by atoms with E-state index >= 15 is 0 Å². The molecule has 0 saturated heterocycles. The summed E-state index contributed by atoms with van der Waals surface area (Å²) in [5.41, 5.74) is 2.94. The Bertz CT molecular complexity index is 667. The van der Waals surface area contributed by atoms with Crippen molar-refractivity contribution in [3.63, 3.8) is 0 Å². The van der Waals surface area contributed by atoms with Crippen LogP contribution in [0.4, 0.5) is 16.2 Å². The molecule has 2 N–H and O–H groups in total. The second-order valence-corrected chi connectivity index (χ2v) is 6.36. The van der Waals surface area contributed by atoms with Crippen LogP contribution in [-0.4, -0.2) is 16.9 Å². The molecular weight excluding hydrogens is 294 g/mol. The van der Waals surface area contributed by atoms with Crippen LogP contribution in [0.1, 0.15) is 37.8 Å². The summed E-state index contributed by atoms with van der Waals surface area (Å²) in [4.78, 5) is 11.8. The fourth-order valence-electron chi connectivity index (χ4n) is 2.07. The number of benzene rings is 1. The fraction of sp³-hybridized carbons (Fsp3) is 0.412. The zero-order chi connectivity index (χ0) is 17.0. The van der Waals surface area contributed by atoms with Crippen LogP contribution in [0, 0.1) is 13.8 Å². The Morgan fingerprint density at radius 2 is 1.96 bits per heavy atom. The quantitative estimate of drug-likeness (QED) is 0.881. The van der Waals surface area contributed by atoms with Crippen molar-refractivity contribution in [3.8, 4) is 0 Å². The second-order valence-electron chi connectivity index (χ2n) is 6.36. The number of nitrogens with one attached hydrogen (secondary N) is 2. The Balaban J connectivity index is 1.98. The number of rotatable bonds is 4. The lowest BCUT2D eigenvalue weighted by atomic mass is 10.2. The molecule has 0 aliphatic rings. The first kappa shape index (κ1) is 16.9. The van der Waals surface area contributed by atoms with E-state index in [1.165, 1.54) is 0 Å². The molecule has 0 aliphatic carbocycles. The van der Waals surface area contributed by atoms with Gasteiger partial charge in [0.05, 0.1) is 5.69 Å². The summed E-state index contributed by atoms with van der Waals surface area (Å²) in [6.45, 7) is 9.89. The molecule has 2 rings (SSSR count). The van der Waals surface area contributed by atoms with Gasteiger partial charge < -0.3 is 14.6 Å². The maximum atomic E-state index is 11.8. The predicted molar refractivity (Wildman–Crippen MR) is 89.6 cm³/mol. The third-order valence-corrected chi connectivity index (χ3v) is 3.16. The molecule has 1 amide bonds. The van der Waals surface area contributed by atoms with Crippen LogP contribution in [0.5, 0.6) is 0 Å². The van der Waals surface area contributed by atoms with Crippen molar-refractivity contribution in [2.75, 3.05) is 10.6 Å². The van der Waals surface area contributed by atoms with Gasteiger partial charge in [-0.2, -0.15) is 0 Å². The average Bonchev–Trinajstić information content (AvgIpc) is 2.74. The van der Waals surface area contributed by atoms with Crippen molar-refractivity contribution >= 4 is 17.5 Å². The number of anilines is 2. The first-order chi connectivity index (χ1) is 10.7. The maximum Gasteiger partial charge on any atom is 0.412 e. The van der Waals surface area contributed by atoms with Crippen molar-refractivity contribution in [2.24, 2.45) is 0 Å². The number of hydrogen-bond acceptors (Lipinski definition) is 5.